The second-order valence-corrected chi connectivity index (χ2v) is 2.66. The van der Waals surface area contributed by atoms with Crippen molar-refractivity contribution >= 4 is 34.0 Å². The third-order valence-electron chi connectivity index (χ3n) is 1.21. The van der Waals surface area contributed by atoms with Crippen molar-refractivity contribution < 1.29 is 4.74 Å². The third-order valence-corrected chi connectivity index (χ3v) is 2.06. The summed E-state index contributed by atoms with van der Waals surface area (Å²) in [5, 5.41) is 0. The maximum atomic E-state index is 5.57. The predicted octanol–water partition coefficient (Wildman–Crippen LogP) is 2.46. The van der Waals surface area contributed by atoms with E-state index in [1.54, 1.807) is 7.11 Å². The molecule has 11 heavy (non-hydrogen) atoms. The molecule has 0 spiro atoms. The van der Waals surface area contributed by atoms with E-state index in [4.69, 9.17) is 10.5 Å². The van der Waals surface area contributed by atoms with Gasteiger partial charge in [0.05, 0.1) is 11.6 Å². The second kappa shape index (κ2) is 4.46. The summed E-state index contributed by atoms with van der Waals surface area (Å²) in [6, 6.07) is 5.51. The van der Waals surface area contributed by atoms with Crippen molar-refractivity contribution in [3.05, 3.63) is 22.7 Å². The van der Waals surface area contributed by atoms with Crippen LogP contribution < -0.4 is 10.5 Å². The van der Waals surface area contributed by atoms with Crippen molar-refractivity contribution in [3.63, 3.8) is 0 Å². The quantitative estimate of drug-likeness (QED) is 0.763. The molecule has 0 saturated heterocycles. The van der Waals surface area contributed by atoms with Gasteiger partial charge in [-0.25, -0.2) is 0 Å². The first-order valence-electron chi connectivity index (χ1n) is 2.83. The topological polar surface area (TPSA) is 35.2 Å². The van der Waals surface area contributed by atoms with Crippen molar-refractivity contribution in [1.82, 2.24) is 0 Å². The van der Waals surface area contributed by atoms with Crippen molar-refractivity contribution in [2.45, 2.75) is 0 Å². The normalized spacial score (nSPS) is 8.55. The van der Waals surface area contributed by atoms with Gasteiger partial charge in [-0.2, -0.15) is 0 Å². The molecule has 0 saturated carbocycles. The number of anilines is 1. The monoisotopic (exact) mass is 237 g/mol. The van der Waals surface area contributed by atoms with Gasteiger partial charge in [-0.1, -0.05) is 6.07 Å². The molecule has 0 amide bonds. The number of halogens is 2. The van der Waals surface area contributed by atoms with Gasteiger partial charge < -0.3 is 10.5 Å². The molecule has 0 aromatic heterocycles. The van der Waals surface area contributed by atoms with Crippen LogP contribution in [0.25, 0.3) is 0 Å². The van der Waals surface area contributed by atoms with Gasteiger partial charge in [-0.3, -0.25) is 0 Å². The van der Waals surface area contributed by atoms with Crippen LogP contribution in [0.15, 0.2) is 22.7 Å². The molecule has 2 N–H and O–H groups in total. The lowest BCUT2D eigenvalue weighted by Crippen LogP contribution is -1.89. The lowest BCUT2D eigenvalue weighted by Gasteiger charge is -2.03. The van der Waals surface area contributed by atoms with E-state index in [2.05, 4.69) is 15.9 Å². The number of methoxy groups -OCH3 is 1. The van der Waals surface area contributed by atoms with E-state index in [-0.39, 0.29) is 12.4 Å². The Morgan fingerprint density at radius 2 is 2.09 bits per heavy atom. The summed E-state index contributed by atoms with van der Waals surface area (Å²) < 4.78 is 5.82. The average Bonchev–Trinajstić information content (AvgIpc) is 1.95. The highest BCUT2D eigenvalue weighted by molar-refractivity contribution is 9.10. The van der Waals surface area contributed by atoms with Gasteiger partial charge in [0.2, 0.25) is 0 Å². The Morgan fingerprint density at radius 1 is 1.45 bits per heavy atom. The molecule has 1 aromatic carbocycles. The van der Waals surface area contributed by atoms with Crippen LogP contribution in [0, 0.1) is 0 Å². The number of rotatable bonds is 1. The Labute approximate surface area is 80.3 Å². The van der Waals surface area contributed by atoms with E-state index in [1.165, 1.54) is 0 Å². The van der Waals surface area contributed by atoms with Gasteiger partial charge in [0.15, 0.2) is 0 Å². The molecule has 0 aliphatic carbocycles. The zero-order valence-corrected chi connectivity index (χ0v) is 8.41. The van der Waals surface area contributed by atoms with Crippen molar-refractivity contribution in [1.29, 1.82) is 0 Å². The fourth-order valence-electron chi connectivity index (χ4n) is 0.685. The SMILES string of the molecule is COc1cccc(N)c1Br.Cl. The van der Waals surface area contributed by atoms with E-state index in [1.807, 2.05) is 18.2 Å². The Kier molecular flexibility index (Phi) is 4.30. The summed E-state index contributed by atoms with van der Waals surface area (Å²) in [7, 11) is 1.61. The van der Waals surface area contributed by atoms with Crippen LogP contribution in [-0.2, 0) is 0 Å². The molecular formula is C7H9BrClNO. The first-order valence-corrected chi connectivity index (χ1v) is 3.63. The van der Waals surface area contributed by atoms with Gasteiger partial charge in [0.25, 0.3) is 0 Å². The van der Waals surface area contributed by atoms with E-state index in [0.717, 1.165) is 10.2 Å². The maximum Gasteiger partial charge on any atom is 0.135 e. The average molecular weight is 239 g/mol. The minimum absolute atomic E-state index is 0. The largest absolute Gasteiger partial charge is 0.495 e. The molecule has 0 atom stereocenters. The number of ether oxygens (including phenoxy) is 1. The first kappa shape index (κ1) is 10.6. The van der Waals surface area contributed by atoms with Gasteiger partial charge in [0, 0.05) is 5.69 Å². The fraction of sp³-hybridized carbons (Fsp3) is 0.143. The smallest absolute Gasteiger partial charge is 0.135 e. The summed E-state index contributed by atoms with van der Waals surface area (Å²) in [6.07, 6.45) is 0. The summed E-state index contributed by atoms with van der Waals surface area (Å²) in [5.74, 6) is 0.764. The standard InChI is InChI=1S/C7H8BrNO.ClH/c1-10-6-4-2-3-5(9)7(6)8;/h2-4H,9H2,1H3;1H. The van der Waals surface area contributed by atoms with E-state index in [9.17, 15) is 0 Å². The first-order chi connectivity index (χ1) is 4.75. The van der Waals surface area contributed by atoms with Gasteiger partial charge in [0.1, 0.15) is 5.75 Å². The van der Waals surface area contributed by atoms with Crippen LogP contribution in [0.3, 0.4) is 0 Å². The molecule has 0 heterocycles. The molecule has 0 fully saturated rings. The third kappa shape index (κ3) is 2.27. The zero-order chi connectivity index (χ0) is 7.56. The Hall–Kier alpha value is -0.410. The van der Waals surface area contributed by atoms with E-state index in [0.29, 0.717) is 5.69 Å². The van der Waals surface area contributed by atoms with Gasteiger partial charge >= 0.3 is 0 Å². The van der Waals surface area contributed by atoms with Crippen molar-refractivity contribution in [3.8, 4) is 5.75 Å². The Balaban J connectivity index is 0.000001000. The van der Waals surface area contributed by atoms with Crippen LogP contribution in [0.2, 0.25) is 0 Å². The number of hydrogen-bond donors (Lipinski definition) is 1. The summed E-state index contributed by atoms with van der Waals surface area (Å²) in [4.78, 5) is 0. The van der Waals surface area contributed by atoms with Crippen LogP contribution >= 0.6 is 28.3 Å². The summed E-state index contributed by atoms with van der Waals surface area (Å²) in [6.45, 7) is 0. The zero-order valence-electron chi connectivity index (χ0n) is 6.00. The van der Waals surface area contributed by atoms with E-state index >= 15 is 0 Å². The van der Waals surface area contributed by atoms with Gasteiger partial charge in [-0.15, -0.1) is 12.4 Å². The number of nitrogens with two attached hydrogens (primary N) is 1. The molecule has 0 bridgehead atoms. The lowest BCUT2D eigenvalue weighted by molar-refractivity contribution is 0.412. The highest BCUT2D eigenvalue weighted by Gasteiger charge is 2.00. The molecule has 62 valence electrons. The molecule has 0 aliphatic heterocycles. The fourth-order valence-corrected chi connectivity index (χ4v) is 1.11. The summed E-state index contributed by atoms with van der Waals surface area (Å²) >= 11 is 3.29. The van der Waals surface area contributed by atoms with Crippen LogP contribution in [0.1, 0.15) is 0 Å². The van der Waals surface area contributed by atoms with Crippen molar-refractivity contribution in [2.75, 3.05) is 12.8 Å². The minimum atomic E-state index is 0. The molecular weight excluding hydrogens is 229 g/mol. The molecule has 0 aliphatic rings. The van der Waals surface area contributed by atoms with E-state index < -0.39 is 0 Å². The highest BCUT2D eigenvalue weighted by atomic mass is 79.9. The minimum Gasteiger partial charge on any atom is -0.495 e. The molecule has 1 rings (SSSR count). The number of nitrogen functional groups attached to an aromatic ring is 1. The second-order valence-electron chi connectivity index (χ2n) is 1.86. The Morgan fingerprint density at radius 3 is 2.55 bits per heavy atom. The van der Waals surface area contributed by atoms with Crippen LogP contribution in [0.5, 0.6) is 5.75 Å². The number of hydrogen-bond acceptors (Lipinski definition) is 2. The molecule has 1 aromatic rings. The molecule has 0 unspecified atom stereocenters. The van der Waals surface area contributed by atoms with Crippen LogP contribution in [-0.4, -0.2) is 7.11 Å². The van der Waals surface area contributed by atoms with Crippen molar-refractivity contribution in [2.24, 2.45) is 0 Å². The molecule has 0 radical (unpaired) electrons. The predicted molar refractivity (Wildman–Crippen MR) is 52.4 cm³/mol. The molecule has 2 nitrogen and oxygen atoms in total. The molecule has 4 heteroatoms. The van der Waals surface area contributed by atoms with Gasteiger partial charge in [-0.05, 0) is 28.1 Å². The number of benzene rings is 1. The Bertz CT molecular complexity index is 242. The summed E-state index contributed by atoms with van der Waals surface area (Å²) in [5.41, 5.74) is 6.26. The highest BCUT2D eigenvalue weighted by Crippen LogP contribution is 2.29. The lowest BCUT2D eigenvalue weighted by atomic mass is 10.3. The maximum absolute atomic E-state index is 5.57. The van der Waals surface area contributed by atoms with Crippen LogP contribution in [0.4, 0.5) is 5.69 Å².